The van der Waals surface area contributed by atoms with Crippen LogP contribution in [0.25, 0.3) is 0 Å². The predicted octanol–water partition coefficient (Wildman–Crippen LogP) is 1.89. The van der Waals surface area contributed by atoms with Crippen molar-refractivity contribution in [2.75, 3.05) is 6.54 Å². The zero-order valence-corrected chi connectivity index (χ0v) is 14.8. The van der Waals surface area contributed by atoms with E-state index < -0.39 is 42.4 Å². The molecule has 6 nitrogen and oxygen atoms in total. The first-order chi connectivity index (χ1) is 11.2. The SMILES string of the molecule is C[C@@H](O)[C@H]1C(=O)N(CC(=O)O)[C@@H]1[C@@H](C)C(=O)Sc1ccc(Cl)cc1. The van der Waals surface area contributed by atoms with Crippen molar-refractivity contribution in [3.63, 3.8) is 0 Å². The first-order valence-electron chi connectivity index (χ1n) is 7.40. The maximum atomic E-state index is 12.5. The molecule has 0 radical (unpaired) electrons. The van der Waals surface area contributed by atoms with Crippen LogP contribution < -0.4 is 0 Å². The van der Waals surface area contributed by atoms with Gasteiger partial charge in [0.1, 0.15) is 6.54 Å². The highest BCUT2D eigenvalue weighted by Gasteiger charge is 2.53. The number of amides is 1. The van der Waals surface area contributed by atoms with Gasteiger partial charge in [-0.3, -0.25) is 14.4 Å². The number of aliphatic hydroxyl groups is 1. The van der Waals surface area contributed by atoms with E-state index >= 15 is 0 Å². The van der Waals surface area contributed by atoms with Gasteiger partial charge in [0.05, 0.1) is 18.1 Å². The Labute approximate surface area is 148 Å². The molecule has 0 bridgehead atoms. The molecule has 4 atom stereocenters. The summed E-state index contributed by atoms with van der Waals surface area (Å²) < 4.78 is 0. The summed E-state index contributed by atoms with van der Waals surface area (Å²) >= 11 is 6.82. The summed E-state index contributed by atoms with van der Waals surface area (Å²) in [5.41, 5.74) is 0. The van der Waals surface area contributed by atoms with Gasteiger partial charge in [-0.1, -0.05) is 30.3 Å². The van der Waals surface area contributed by atoms with Crippen LogP contribution in [0, 0.1) is 11.8 Å². The van der Waals surface area contributed by atoms with Gasteiger partial charge < -0.3 is 15.1 Å². The van der Waals surface area contributed by atoms with Gasteiger partial charge in [-0.25, -0.2) is 0 Å². The van der Waals surface area contributed by atoms with E-state index in [1.165, 1.54) is 6.92 Å². The Morgan fingerprint density at radius 1 is 1.29 bits per heavy atom. The molecule has 2 rings (SSSR count). The molecule has 0 spiro atoms. The minimum atomic E-state index is -1.15. The summed E-state index contributed by atoms with van der Waals surface area (Å²) in [5, 5.41) is 19.1. The molecule has 1 aromatic carbocycles. The minimum Gasteiger partial charge on any atom is -0.480 e. The monoisotopic (exact) mass is 371 g/mol. The lowest BCUT2D eigenvalue weighted by molar-refractivity contribution is -0.173. The number of aliphatic hydroxyl groups excluding tert-OH is 1. The fourth-order valence-corrected chi connectivity index (χ4v) is 3.80. The molecule has 1 aromatic rings. The van der Waals surface area contributed by atoms with Crippen LogP contribution in [0.15, 0.2) is 29.2 Å². The molecule has 1 saturated heterocycles. The molecule has 8 heteroatoms. The van der Waals surface area contributed by atoms with Crippen LogP contribution in [0.2, 0.25) is 5.02 Å². The standard InChI is InChI=1S/C16H18ClNO5S/c1-8(16(23)24-11-5-3-10(17)4-6-11)14-13(9(2)19)15(22)18(14)7-12(20)21/h3-6,8-9,13-14,19H,7H2,1-2H3,(H,20,21)/t8-,9-,13-,14-/m1/s1. The molecule has 1 aliphatic rings. The number of carbonyl (C=O) groups is 3. The fourth-order valence-electron chi connectivity index (χ4n) is 2.85. The number of carboxylic acid groups (broad SMARTS) is 1. The van der Waals surface area contributed by atoms with Gasteiger partial charge in [0.25, 0.3) is 0 Å². The highest BCUT2D eigenvalue weighted by molar-refractivity contribution is 8.13. The second kappa shape index (κ2) is 7.55. The molecule has 130 valence electrons. The Morgan fingerprint density at radius 2 is 1.88 bits per heavy atom. The maximum Gasteiger partial charge on any atom is 0.323 e. The molecule has 1 heterocycles. The number of β-lactam (4-membered cyclic amide) rings is 1. The van der Waals surface area contributed by atoms with Crippen LogP contribution in [0.5, 0.6) is 0 Å². The van der Waals surface area contributed by atoms with Crippen molar-refractivity contribution < 1.29 is 24.6 Å². The lowest BCUT2D eigenvalue weighted by atomic mass is 9.77. The first kappa shape index (κ1) is 18.8. The number of hydrogen-bond acceptors (Lipinski definition) is 5. The lowest BCUT2D eigenvalue weighted by Gasteiger charge is -2.49. The zero-order valence-electron chi connectivity index (χ0n) is 13.2. The highest BCUT2D eigenvalue weighted by Crippen LogP contribution is 2.37. The van der Waals surface area contributed by atoms with Crippen molar-refractivity contribution in [2.45, 2.75) is 30.9 Å². The number of carbonyl (C=O) groups excluding carboxylic acids is 2. The number of rotatable bonds is 6. The number of hydrogen-bond donors (Lipinski definition) is 2. The summed E-state index contributed by atoms with van der Waals surface area (Å²) in [6, 6.07) is 6.14. The molecule has 0 aromatic heterocycles. The molecular weight excluding hydrogens is 354 g/mol. The van der Waals surface area contributed by atoms with Crippen LogP contribution >= 0.6 is 23.4 Å². The number of thioether (sulfide) groups is 1. The number of halogens is 1. The number of nitrogens with zero attached hydrogens (tertiary/aromatic N) is 1. The molecule has 1 aliphatic heterocycles. The lowest BCUT2D eigenvalue weighted by Crippen LogP contribution is -2.68. The van der Waals surface area contributed by atoms with Crippen LogP contribution in [0.1, 0.15) is 13.8 Å². The Balaban J connectivity index is 2.12. The van der Waals surface area contributed by atoms with Gasteiger partial charge in [-0.15, -0.1) is 0 Å². The van der Waals surface area contributed by atoms with E-state index in [0.29, 0.717) is 9.92 Å². The van der Waals surface area contributed by atoms with E-state index in [9.17, 15) is 19.5 Å². The van der Waals surface area contributed by atoms with Crippen LogP contribution in [0.3, 0.4) is 0 Å². The maximum absolute atomic E-state index is 12.5. The van der Waals surface area contributed by atoms with Gasteiger partial charge in [-0.2, -0.15) is 0 Å². The quantitative estimate of drug-likeness (QED) is 0.585. The van der Waals surface area contributed by atoms with E-state index in [-0.39, 0.29) is 5.12 Å². The predicted molar refractivity (Wildman–Crippen MR) is 89.8 cm³/mol. The summed E-state index contributed by atoms with van der Waals surface area (Å²) in [7, 11) is 0. The Kier molecular flexibility index (Phi) is 5.90. The van der Waals surface area contributed by atoms with Crippen molar-refractivity contribution in [3.8, 4) is 0 Å². The van der Waals surface area contributed by atoms with Crippen LogP contribution in [-0.2, 0) is 14.4 Å². The highest BCUT2D eigenvalue weighted by atomic mass is 35.5. The average Bonchev–Trinajstić information content (AvgIpc) is 2.50. The van der Waals surface area contributed by atoms with E-state index in [0.717, 1.165) is 16.7 Å². The second-order valence-electron chi connectivity index (χ2n) is 5.78. The summed E-state index contributed by atoms with van der Waals surface area (Å²) in [6.07, 6.45) is -0.941. The van der Waals surface area contributed by atoms with Crippen molar-refractivity contribution in [1.29, 1.82) is 0 Å². The number of carboxylic acids is 1. The van der Waals surface area contributed by atoms with Crippen molar-refractivity contribution >= 4 is 40.4 Å². The topological polar surface area (TPSA) is 94.9 Å². The van der Waals surface area contributed by atoms with Crippen LogP contribution in [-0.4, -0.2) is 50.8 Å². The summed E-state index contributed by atoms with van der Waals surface area (Å²) in [4.78, 5) is 37.3. The smallest absolute Gasteiger partial charge is 0.323 e. The number of benzene rings is 1. The minimum absolute atomic E-state index is 0.198. The average molecular weight is 372 g/mol. The largest absolute Gasteiger partial charge is 0.480 e. The third kappa shape index (κ3) is 3.91. The molecular formula is C16H18ClNO5S. The first-order valence-corrected chi connectivity index (χ1v) is 8.59. The molecule has 1 amide bonds. The van der Waals surface area contributed by atoms with Crippen molar-refractivity contribution in [3.05, 3.63) is 29.3 Å². The van der Waals surface area contributed by atoms with Gasteiger partial charge in [0.2, 0.25) is 5.91 Å². The zero-order chi connectivity index (χ0) is 18.0. The second-order valence-corrected chi connectivity index (χ2v) is 7.29. The molecule has 0 aliphatic carbocycles. The molecule has 2 N–H and O–H groups in total. The van der Waals surface area contributed by atoms with E-state index in [1.54, 1.807) is 31.2 Å². The fraction of sp³-hybridized carbons (Fsp3) is 0.438. The third-order valence-corrected chi connectivity index (χ3v) is 5.37. The molecule has 0 saturated carbocycles. The Morgan fingerprint density at radius 3 is 2.38 bits per heavy atom. The number of likely N-dealkylation sites (tertiary alicyclic amines) is 1. The van der Waals surface area contributed by atoms with Gasteiger partial charge >= 0.3 is 5.97 Å². The Hall–Kier alpha value is -1.57. The van der Waals surface area contributed by atoms with Crippen molar-refractivity contribution in [1.82, 2.24) is 4.90 Å². The molecule has 24 heavy (non-hydrogen) atoms. The van der Waals surface area contributed by atoms with Crippen LogP contribution in [0.4, 0.5) is 0 Å². The van der Waals surface area contributed by atoms with Gasteiger partial charge in [0, 0.05) is 15.8 Å². The van der Waals surface area contributed by atoms with E-state index in [2.05, 4.69) is 0 Å². The molecule has 1 fully saturated rings. The van der Waals surface area contributed by atoms with Gasteiger partial charge in [0.15, 0.2) is 5.12 Å². The number of aliphatic carboxylic acids is 1. The van der Waals surface area contributed by atoms with E-state index in [4.69, 9.17) is 16.7 Å². The van der Waals surface area contributed by atoms with Crippen molar-refractivity contribution in [2.24, 2.45) is 11.8 Å². The summed E-state index contributed by atoms with van der Waals surface area (Å²) in [5.74, 6) is -2.95. The Bertz CT molecular complexity index is 648. The third-order valence-electron chi connectivity index (χ3n) is 4.04. The van der Waals surface area contributed by atoms with E-state index in [1.807, 2.05) is 0 Å². The summed E-state index contributed by atoms with van der Waals surface area (Å²) in [6.45, 7) is 2.64. The normalized spacial score (nSPS) is 22.7. The van der Waals surface area contributed by atoms with Gasteiger partial charge in [-0.05, 0) is 31.2 Å². The molecule has 0 unspecified atom stereocenters.